The maximum Gasteiger partial charge on any atom is 0.138 e. The molecular formula is C14H16N4O. The van der Waals surface area contributed by atoms with E-state index in [0.29, 0.717) is 11.3 Å². The molecule has 1 saturated carbocycles. The lowest BCUT2D eigenvalue weighted by molar-refractivity contribution is 0.144. The van der Waals surface area contributed by atoms with E-state index >= 15 is 0 Å². The van der Waals surface area contributed by atoms with Gasteiger partial charge in [0.15, 0.2) is 0 Å². The second kappa shape index (κ2) is 4.90. The van der Waals surface area contributed by atoms with Crippen LogP contribution in [0.3, 0.4) is 0 Å². The minimum absolute atomic E-state index is 0.111. The van der Waals surface area contributed by atoms with E-state index < -0.39 is 0 Å². The summed E-state index contributed by atoms with van der Waals surface area (Å²) in [6.45, 7) is 0. The molecule has 1 aliphatic rings. The molecule has 1 aromatic heterocycles. The van der Waals surface area contributed by atoms with Gasteiger partial charge in [0, 0.05) is 11.4 Å². The summed E-state index contributed by atoms with van der Waals surface area (Å²) in [5.74, 6) is 0.635. The molecule has 0 bridgehead atoms. The third-order valence-electron chi connectivity index (χ3n) is 3.66. The van der Waals surface area contributed by atoms with Crippen LogP contribution in [0, 0.1) is 11.3 Å². The third-order valence-corrected chi connectivity index (χ3v) is 3.66. The van der Waals surface area contributed by atoms with Gasteiger partial charge in [-0.1, -0.05) is 0 Å². The molecule has 0 aliphatic heterocycles. The van der Waals surface area contributed by atoms with Crippen LogP contribution in [0.2, 0.25) is 0 Å². The summed E-state index contributed by atoms with van der Waals surface area (Å²) in [4.78, 5) is 0. The van der Waals surface area contributed by atoms with E-state index in [2.05, 4.69) is 16.3 Å². The number of hydrogen-bond acceptors (Lipinski definition) is 4. The van der Waals surface area contributed by atoms with Crippen molar-refractivity contribution in [2.24, 2.45) is 5.73 Å². The molecule has 3 N–H and O–H groups in total. The Balaban J connectivity index is 1.90. The van der Waals surface area contributed by atoms with Crippen molar-refractivity contribution in [2.45, 2.75) is 37.8 Å². The summed E-state index contributed by atoms with van der Waals surface area (Å²) >= 11 is 0. The first-order chi connectivity index (χ1) is 9.28. The molecule has 1 aliphatic carbocycles. The third kappa shape index (κ3) is 2.27. The molecule has 1 aromatic carbocycles. The topological polar surface area (TPSA) is 87.7 Å². The highest BCUT2D eigenvalue weighted by molar-refractivity contribution is 5.86. The van der Waals surface area contributed by atoms with E-state index in [1.807, 2.05) is 12.1 Å². The van der Waals surface area contributed by atoms with E-state index in [1.165, 1.54) is 0 Å². The van der Waals surface area contributed by atoms with Crippen molar-refractivity contribution in [3.63, 3.8) is 0 Å². The number of H-pyrrole nitrogens is 1. The van der Waals surface area contributed by atoms with E-state index in [0.717, 1.165) is 36.6 Å². The number of hydrogen-bond donors (Lipinski definition) is 2. The van der Waals surface area contributed by atoms with Crippen LogP contribution in [0.5, 0.6) is 5.75 Å². The second-order valence-electron chi connectivity index (χ2n) is 5.05. The molecule has 3 rings (SSSR count). The predicted octanol–water partition coefficient (Wildman–Crippen LogP) is 2.08. The number of aromatic amines is 1. The smallest absolute Gasteiger partial charge is 0.138 e. The Kier molecular flexibility index (Phi) is 3.10. The molecule has 19 heavy (non-hydrogen) atoms. The molecule has 0 saturated heterocycles. The van der Waals surface area contributed by atoms with Crippen molar-refractivity contribution in [1.82, 2.24) is 10.2 Å². The Morgan fingerprint density at radius 1 is 1.42 bits per heavy atom. The van der Waals surface area contributed by atoms with Crippen molar-refractivity contribution in [3.05, 3.63) is 23.9 Å². The fraction of sp³-hybridized carbons (Fsp3) is 0.429. The highest BCUT2D eigenvalue weighted by Crippen LogP contribution is 2.29. The van der Waals surface area contributed by atoms with Crippen molar-refractivity contribution >= 4 is 10.9 Å². The molecule has 5 nitrogen and oxygen atoms in total. The van der Waals surface area contributed by atoms with Gasteiger partial charge in [-0.25, -0.2) is 0 Å². The summed E-state index contributed by atoms with van der Waals surface area (Å²) in [6.07, 6.45) is 5.78. The molecular weight excluding hydrogens is 240 g/mol. The van der Waals surface area contributed by atoms with Crippen molar-refractivity contribution in [3.8, 4) is 11.8 Å². The van der Waals surface area contributed by atoms with Gasteiger partial charge in [-0.3, -0.25) is 5.10 Å². The fourth-order valence-electron chi connectivity index (χ4n) is 2.68. The minimum Gasteiger partial charge on any atom is -0.489 e. The summed E-state index contributed by atoms with van der Waals surface area (Å²) in [5.41, 5.74) is 7.36. The van der Waals surface area contributed by atoms with Gasteiger partial charge in [-0.05, 0) is 37.8 Å². The zero-order valence-corrected chi connectivity index (χ0v) is 10.6. The molecule has 0 unspecified atom stereocenters. The summed E-state index contributed by atoms with van der Waals surface area (Å²) < 4.78 is 5.98. The molecule has 2 atom stereocenters. The molecule has 1 fully saturated rings. The number of fused-ring (bicyclic) bond motifs is 1. The standard InChI is InChI=1S/C14H16N4O/c15-7-11-12-8-17-18-13(12)4-5-14(11)19-10-3-1-2-9(16)6-10/h4-5,8-10H,1-3,6,16H2,(H,17,18)/t9-,10-/m1/s1. The number of nitriles is 1. The largest absolute Gasteiger partial charge is 0.489 e. The Morgan fingerprint density at radius 2 is 2.32 bits per heavy atom. The number of benzene rings is 1. The van der Waals surface area contributed by atoms with Gasteiger partial charge in [0.2, 0.25) is 0 Å². The maximum atomic E-state index is 9.32. The van der Waals surface area contributed by atoms with E-state index in [1.54, 1.807) is 6.20 Å². The van der Waals surface area contributed by atoms with Gasteiger partial charge in [-0.15, -0.1) is 0 Å². The van der Waals surface area contributed by atoms with Crippen LogP contribution in [-0.2, 0) is 0 Å². The van der Waals surface area contributed by atoms with Crippen LogP contribution in [0.4, 0.5) is 0 Å². The average molecular weight is 256 g/mol. The highest BCUT2D eigenvalue weighted by atomic mass is 16.5. The van der Waals surface area contributed by atoms with Gasteiger partial charge < -0.3 is 10.5 Å². The van der Waals surface area contributed by atoms with Crippen LogP contribution in [0.1, 0.15) is 31.2 Å². The average Bonchev–Trinajstić information content (AvgIpc) is 2.87. The lowest BCUT2D eigenvalue weighted by Gasteiger charge is -2.27. The fourth-order valence-corrected chi connectivity index (χ4v) is 2.68. The minimum atomic E-state index is 0.111. The summed E-state index contributed by atoms with van der Waals surface area (Å²) in [5, 5.41) is 16.9. The van der Waals surface area contributed by atoms with Gasteiger partial charge in [0.1, 0.15) is 23.5 Å². The maximum absolute atomic E-state index is 9.32. The zero-order chi connectivity index (χ0) is 13.2. The molecule has 2 aromatic rings. The first kappa shape index (κ1) is 12.0. The van der Waals surface area contributed by atoms with Crippen LogP contribution in [0.15, 0.2) is 18.3 Å². The van der Waals surface area contributed by atoms with Crippen molar-refractivity contribution in [2.75, 3.05) is 0 Å². The summed E-state index contributed by atoms with van der Waals surface area (Å²) in [7, 11) is 0. The highest BCUT2D eigenvalue weighted by Gasteiger charge is 2.22. The molecule has 98 valence electrons. The van der Waals surface area contributed by atoms with E-state index in [9.17, 15) is 5.26 Å². The van der Waals surface area contributed by atoms with Crippen LogP contribution >= 0.6 is 0 Å². The predicted molar refractivity (Wildman–Crippen MR) is 71.7 cm³/mol. The SMILES string of the molecule is N#Cc1c(O[C@@H]2CCC[C@@H](N)C2)ccc2[nH]ncc12. The number of nitrogens with zero attached hydrogens (tertiary/aromatic N) is 2. The van der Waals surface area contributed by atoms with Crippen LogP contribution in [-0.4, -0.2) is 22.3 Å². The normalized spacial score (nSPS) is 23.2. The number of aromatic nitrogens is 2. The second-order valence-corrected chi connectivity index (χ2v) is 5.05. The quantitative estimate of drug-likeness (QED) is 0.861. The molecule has 5 heteroatoms. The monoisotopic (exact) mass is 256 g/mol. The van der Waals surface area contributed by atoms with Gasteiger partial charge >= 0.3 is 0 Å². The number of nitrogens with two attached hydrogens (primary N) is 1. The number of rotatable bonds is 2. The molecule has 0 spiro atoms. The van der Waals surface area contributed by atoms with E-state index in [-0.39, 0.29) is 12.1 Å². The Hall–Kier alpha value is -2.06. The van der Waals surface area contributed by atoms with Gasteiger partial charge in [0.25, 0.3) is 0 Å². The first-order valence-corrected chi connectivity index (χ1v) is 6.56. The number of nitrogens with one attached hydrogen (secondary N) is 1. The first-order valence-electron chi connectivity index (χ1n) is 6.56. The summed E-state index contributed by atoms with van der Waals surface area (Å²) in [6, 6.07) is 6.14. The zero-order valence-electron chi connectivity index (χ0n) is 10.6. The van der Waals surface area contributed by atoms with Gasteiger partial charge in [0.05, 0.1) is 11.7 Å². The Bertz CT molecular complexity index is 628. The van der Waals surface area contributed by atoms with E-state index in [4.69, 9.17) is 10.5 Å². The van der Waals surface area contributed by atoms with Crippen molar-refractivity contribution < 1.29 is 4.74 Å². The lowest BCUT2D eigenvalue weighted by Crippen LogP contribution is -2.33. The van der Waals surface area contributed by atoms with Gasteiger partial charge in [-0.2, -0.15) is 10.4 Å². The molecule has 0 amide bonds. The lowest BCUT2D eigenvalue weighted by atomic mass is 9.93. The van der Waals surface area contributed by atoms with Crippen LogP contribution < -0.4 is 10.5 Å². The molecule has 0 radical (unpaired) electrons. The van der Waals surface area contributed by atoms with Crippen LogP contribution in [0.25, 0.3) is 10.9 Å². The van der Waals surface area contributed by atoms with Crippen molar-refractivity contribution in [1.29, 1.82) is 5.26 Å². The Labute approximate surface area is 111 Å². The molecule has 1 heterocycles. The number of ether oxygens (including phenoxy) is 1. The Morgan fingerprint density at radius 3 is 3.11 bits per heavy atom.